The van der Waals surface area contributed by atoms with E-state index in [1.807, 2.05) is 55.4 Å². The number of fused-ring (bicyclic) bond motifs is 1. The number of hydrogen-bond acceptors (Lipinski definition) is 6. The molecule has 0 saturated heterocycles. The zero-order valence-electron chi connectivity index (χ0n) is 29.8. The van der Waals surface area contributed by atoms with Gasteiger partial charge in [0.2, 0.25) is 5.91 Å². The highest BCUT2D eigenvalue weighted by molar-refractivity contribution is 7.92. The smallest absolute Gasteiger partial charge is 0.224 e. The number of carbonyl (C=O) groups excluding carboxylic acids is 1. The van der Waals surface area contributed by atoms with Crippen LogP contribution in [0, 0.1) is 0 Å². The minimum atomic E-state index is -3.79. The molecular formula is C37H61N4O4S+. The number of anilines is 2. The molecule has 0 fully saturated rings. The van der Waals surface area contributed by atoms with E-state index in [0.29, 0.717) is 30.5 Å². The molecule has 0 spiro atoms. The van der Waals surface area contributed by atoms with Gasteiger partial charge in [-0.15, -0.1) is 0 Å². The highest BCUT2D eigenvalue weighted by Crippen LogP contribution is 2.49. The first-order valence-electron chi connectivity index (χ1n) is 17.6. The first kappa shape index (κ1) is 38.0. The monoisotopic (exact) mass is 657 g/mol. The van der Waals surface area contributed by atoms with E-state index in [-0.39, 0.29) is 10.8 Å². The molecule has 0 saturated carbocycles. The molecule has 1 heterocycles. The van der Waals surface area contributed by atoms with Crippen molar-refractivity contribution in [2.24, 2.45) is 0 Å². The van der Waals surface area contributed by atoms with Crippen LogP contribution in [0.15, 0.2) is 47.4 Å². The summed E-state index contributed by atoms with van der Waals surface area (Å²) in [5.41, 5.74) is 1.83. The van der Waals surface area contributed by atoms with Gasteiger partial charge in [0.1, 0.15) is 0 Å². The van der Waals surface area contributed by atoms with E-state index in [4.69, 9.17) is 0 Å². The molecule has 1 unspecified atom stereocenters. The maximum absolute atomic E-state index is 14.4. The van der Waals surface area contributed by atoms with Gasteiger partial charge in [0.25, 0.3) is 0 Å². The second-order valence-corrected chi connectivity index (χ2v) is 15.7. The molecular weight excluding hydrogens is 596 g/mol. The number of hydroxylamine groups is 2. The average molecular weight is 658 g/mol. The molecule has 0 aliphatic carbocycles. The number of nitrogens with one attached hydrogen (secondary N) is 1. The summed E-state index contributed by atoms with van der Waals surface area (Å²) < 4.78 is 29.9. The number of benzene rings is 2. The van der Waals surface area contributed by atoms with Gasteiger partial charge in [-0.2, -0.15) is 5.06 Å². The van der Waals surface area contributed by atoms with Gasteiger partial charge in [-0.1, -0.05) is 51.7 Å². The Morgan fingerprint density at radius 2 is 1.57 bits per heavy atom. The molecule has 9 heteroatoms. The van der Waals surface area contributed by atoms with Crippen LogP contribution in [0.3, 0.4) is 0 Å². The lowest BCUT2D eigenvalue weighted by atomic mass is 9.81. The number of nitrogens with zero attached hydrogens (tertiary/aromatic N) is 3. The maximum atomic E-state index is 14.4. The van der Waals surface area contributed by atoms with Crippen molar-refractivity contribution in [3.8, 4) is 0 Å². The van der Waals surface area contributed by atoms with Crippen LogP contribution in [0.2, 0.25) is 0 Å². The van der Waals surface area contributed by atoms with E-state index in [0.717, 1.165) is 80.4 Å². The van der Waals surface area contributed by atoms with Gasteiger partial charge in [0, 0.05) is 31.9 Å². The van der Waals surface area contributed by atoms with Crippen molar-refractivity contribution in [2.45, 2.75) is 121 Å². The molecule has 2 aromatic rings. The van der Waals surface area contributed by atoms with Gasteiger partial charge in [0.05, 0.1) is 47.9 Å². The Morgan fingerprint density at radius 1 is 0.935 bits per heavy atom. The quantitative estimate of drug-likeness (QED) is 0.133. The van der Waals surface area contributed by atoms with Crippen LogP contribution in [0.4, 0.5) is 11.4 Å². The van der Waals surface area contributed by atoms with Gasteiger partial charge in [-0.25, -0.2) is 8.42 Å². The maximum Gasteiger partial charge on any atom is 0.224 e. The summed E-state index contributed by atoms with van der Waals surface area (Å²) in [6, 6.07) is 12.3. The minimum Gasteiger partial charge on any atom is -0.378 e. The van der Waals surface area contributed by atoms with E-state index < -0.39 is 26.7 Å². The summed E-state index contributed by atoms with van der Waals surface area (Å²) in [6.45, 7) is 17.1. The second kappa shape index (κ2) is 16.6. The van der Waals surface area contributed by atoms with Crippen LogP contribution < -0.4 is 10.2 Å². The molecule has 1 aliphatic rings. The van der Waals surface area contributed by atoms with Gasteiger partial charge in [-0.3, -0.25) is 4.79 Å². The fourth-order valence-corrected chi connectivity index (χ4v) is 9.34. The Morgan fingerprint density at radius 3 is 2.13 bits per heavy atom. The van der Waals surface area contributed by atoms with Gasteiger partial charge in [0.15, 0.2) is 9.84 Å². The van der Waals surface area contributed by atoms with Gasteiger partial charge < -0.3 is 19.9 Å². The largest absolute Gasteiger partial charge is 0.378 e. The zero-order valence-corrected chi connectivity index (χ0v) is 30.6. The number of carbonyl (C=O) groups is 1. The third-order valence-corrected chi connectivity index (χ3v) is 13.1. The van der Waals surface area contributed by atoms with Crippen LogP contribution >= 0.6 is 0 Å². The fraction of sp³-hybridized carbons (Fsp3) is 0.649. The van der Waals surface area contributed by atoms with Crippen molar-refractivity contribution in [3.05, 3.63) is 53.6 Å². The molecule has 2 atom stereocenters. The lowest BCUT2D eigenvalue weighted by Gasteiger charge is -2.46. The Balaban J connectivity index is 2.04. The van der Waals surface area contributed by atoms with Crippen molar-refractivity contribution in [1.82, 2.24) is 5.06 Å². The molecule has 0 bridgehead atoms. The third kappa shape index (κ3) is 8.15. The molecule has 3 rings (SSSR count). The molecule has 0 radical (unpaired) electrons. The molecule has 2 aromatic carbocycles. The third-order valence-electron chi connectivity index (χ3n) is 10.7. The van der Waals surface area contributed by atoms with Crippen molar-refractivity contribution in [2.75, 3.05) is 50.5 Å². The average Bonchev–Trinajstić information content (AvgIpc) is 3.09. The van der Waals surface area contributed by atoms with Crippen LogP contribution in [-0.2, 0) is 14.6 Å². The SMILES string of the molecule is CCCCC1(CCCC)C(C)S(=O)(=O)c2ccc(N(C)C)cc2[C@@H](c2cccc(NC(=O)CCCC[N+](CC)(CC)CC)c2)N1O. The van der Waals surface area contributed by atoms with E-state index in [9.17, 15) is 18.4 Å². The molecule has 258 valence electrons. The predicted octanol–water partition coefficient (Wildman–Crippen LogP) is 7.81. The zero-order chi connectivity index (χ0) is 34.1. The molecule has 1 amide bonds. The number of rotatable bonds is 17. The molecule has 1 aliphatic heterocycles. The lowest BCUT2D eigenvalue weighted by Crippen LogP contribution is -2.56. The highest BCUT2D eigenvalue weighted by Gasteiger charge is 2.53. The van der Waals surface area contributed by atoms with E-state index in [1.165, 1.54) is 5.06 Å². The summed E-state index contributed by atoms with van der Waals surface area (Å²) in [5, 5.41) is 16.1. The Bertz CT molecular complexity index is 1370. The van der Waals surface area contributed by atoms with Crippen molar-refractivity contribution in [3.63, 3.8) is 0 Å². The van der Waals surface area contributed by atoms with Gasteiger partial charge in [-0.05, 0) is 94.8 Å². The first-order valence-corrected chi connectivity index (χ1v) is 19.2. The first-order chi connectivity index (χ1) is 21.9. The van der Waals surface area contributed by atoms with Crippen LogP contribution in [0.1, 0.15) is 116 Å². The normalized spacial score (nSPS) is 19.3. The van der Waals surface area contributed by atoms with Crippen LogP contribution in [-0.4, -0.2) is 80.1 Å². The fourth-order valence-electron chi connectivity index (χ4n) is 7.28. The molecule has 8 nitrogen and oxygen atoms in total. The standard InChI is InChI=1S/C37H60N4O4S/c1-9-14-24-37(25-15-10-2)29(6)46(44,45)34-23-22-32(39(7)8)28-33(34)36(40(37)43)30-19-18-20-31(27-30)38-35(42)21-16-17-26-41(11-3,12-4)13-5/h18-20,22-23,27-29,36,43H,9-17,21,24-26H2,1-8H3/p+1/t29?,36-/m1/s1. The molecule has 2 N–H and O–H groups in total. The van der Waals surface area contributed by atoms with Crippen LogP contribution in [0.25, 0.3) is 0 Å². The summed E-state index contributed by atoms with van der Waals surface area (Å²) in [5.74, 6) is -0.0341. The Labute approximate surface area is 279 Å². The number of sulfone groups is 1. The second-order valence-electron chi connectivity index (χ2n) is 13.5. The van der Waals surface area contributed by atoms with E-state index in [1.54, 1.807) is 13.0 Å². The summed E-state index contributed by atoms with van der Waals surface area (Å²) in [7, 11) is 0.0613. The number of quaternary nitrogens is 1. The summed E-state index contributed by atoms with van der Waals surface area (Å²) in [6.07, 6.45) is 6.80. The molecule has 0 aromatic heterocycles. The number of unbranched alkanes of at least 4 members (excludes halogenated alkanes) is 3. The van der Waals surface area contributed by atoms with Crippen molar-refractivity contribution >= 4 is 27.1 Å². The number of amides is 1. The van der Waals surface area contributed by atoms with Crippen LogP contribution in [0.5, 0.6) is 0 Å². The summed E-state index contributed by atoms with van der Waals surface area (Å²) in [4.78, 5) is 15.3. The Hall–Kier alpha value is -2.46. The van der Waals surface area contributed by atoms with Crippen molar-refractivity contribution in [1.29, 1.82) is 0 Å². The minimum absolute atomic E-state index is 0.0341. The topological polar surface area (TPSA) is 90.0 Å². The van der Waals surface area contributed by atoms with Crippen molar-refractivity contribution < 1.29 is 22.9 Å². The Kier molecular flexibility index (Phi) is 13.7. The van der Waals surface area contributed by atoms with Gasteiger partial charge >= 0.3 is 0 Å². The lowest BCUT2D eigenvalue weighted by molar-refractivity contribution is -0.923. The summed E-state index contributed by atoms with van der Waals surface area (Å²) >= 11 is 0. The van der Waals surface area contributed by atoms with E-state index in [2.05, 4.69) is 39.9 Å². The molecule has 46 heavy (non-hydrogen) atoms. The van der Waals surface area contributed by atoms with E-state index >= 15 is 0 Å². The predicted molar refractivity (Wildman–Crippen MR) is 190 cm³/mol. The highest BCUT2D eigenvalue weighted by atomic mass is 32.2. The number of hydrogen-bond donors (Lipinski definition) is 2.